The van der Waals surface area contributed by atoms with Crippen LogP contribution in [0, 0.1) is 6.92 Å². The van der Waals surface area contributed by atoms with E-state index in [1.807, 2.05) is 6.92 Å². The van der Waals surface area contributed by atoms with Gasteiger partial charge in [0.2, 0.25) is 17.7 Å². The lowest BCUT2D eigenvalue weighted by Gasteiger charge is -2.43. The maximum atomic E-state index is 14.1. The SMILES string of the molecule is CCCCNC(=O)C(c1ccc(O)c(C)c1)N(C(=O)C(CCC(N)=O)NC(=O)OC(C)(C)C)C1CCC1. The summed E-state index contributed by atoms with van der Waals surface area (Å²) in [4.78, 5) is 53.3. The number of benzene rings is 1. The molecule has 1 aromatic carbocycles. The number of hydrogen-bond acceptors (Lipinski definition) is 6. The van der Waals surface area contributed by atoms with E-state index >= 15 is 0 Å². The van der Waals surface area contributed by atoms with Crippen LogP contribution in [0.4, 0.5) is 4.79 Å². The molecule has 1 fully saturated rings. The number of phenols is 1. The summed E-state index contributed by atoms with van der Waals surface area (Å²) >= 11 is 0. The van der Waals surface area contributed by atoms with E-state index in [4.69, 9.17) is 10.5 Å². The first-order valence-electron chi connectivity index (χ1n) is 13.0. The molecule has 206 valence electrons. The van der Waals surface area contributed by atoms with Crippen LogP contribution in [0.1, 0.15) is 89.8 Å². The topological polar surface area (TPSA) is 151 Å². The van der Waals surface area contributed by atoms with Crippen molar-refractivity contribution < 1.29 is 29.0 Å². The molecule has 1 saturated carbocycles. The Morgan fingerprint density at radius 3 is 2.41 bits per heavy atom. The van der Waals surface area contributed by atoms with Gasteiger partial charge in [-0.2, -0.15) is 0 Å². The van der Waals surface area contributed by atoms with Crippen molar-refractivity contribution in [1.29, 1.82) is 0 Å². The fraction of sp³-hybridized carbons (Fsp3) is 0.630. The molecule has 5 N–H and O–H groups in total. The van der Waals surface area contributed by atoms with Gasteiger partial charge in [0.05, 0.1) is 0 Å². The summed E-state index contributed by atoms with van der Waals surface area (Å²) in [6.45, 7) is 9.31. The van der Waals surface area contributed by atoms with Crippen LogP contribution in [-0.2, 0) is 19.1 Å². The molecule has 0 aromatic heterocycles. The van der Waals surface area contributed by atoms with Crippen molar-refractivity contribution in [1.82, 2.24) is 15.5 Å². The lowest BCUT2D eigenvalue weighted by Crippen LogP contribution is -2.57. The first kappa shape index (κ1) is 29.9. The molecule has 2 rings (SSSR count). The van der Waals surface area contributed by atoms with E-state index in [2.05, 4.69) is 10.6 Å². The maximum Gasteiger partial charge on any atom is 0.408 e. The standard InChI is InChI=1S/C27H42N4O6/c1-6-7-15-29-24(34)23(18-11-13-21(32)17(2)16-18)31(19-9-8-10-19)25(35)20(12-14-22(28)33)30-26(36)37-27(3,4)5/h11,13,16,19-20,23,32H,6-10,12,14-15H2,1-5H3,(H2,28,33)(H,29,34)(H,30,36). The van der Waals surface area contributed by atoms with Crippen molar-refractivity contribution in [2.24, 2.45) is 5.73 Å². The van der Waals surface area contributed by atoms with E-state index < -0.39 is 35.6 Å². The van der Waals surface area contributed by atoms with Crippen molar-refractivity contribution in [3.63, 3.8) is 0 Å². The van der Waals surface area contributed by atoms with Gasteiger partial charge in [0.25, 0.3) is 0 Å². The molecule has 10 nitrogen and oxygen atoms in total. The molecule has 0 aliphatic heterocycles. The van der Waals surface area contributed by atoms with Crippen molar-refractivity contribution in [2.75, 3.05) is 6.54 Å². The minimum absolute atomic E-state index is 0.0323. The van der Waals surface area contributed by atoms with Crippen LogP contribution >= 0.6 is 0 Å². The lowest BCUT2D eigenvalue weighted by atomic mass is 9.87. The number of ether oxygens (including phenoxy) is 1. The van der Waals surface area contributed by atoms with Gasteiger partial charge >= 0.3 is 6.09 Å². The van der Waals surface area contributed by atoms with Crippen LogP contribution < -0.4 is 16.4 Å². The Labute approximate surface area is 219 Å². The Morgan fingerprint density at radius 2 is 1.89 bits per heavy atom. The number of nitrogens with two attached hydrogens (primary N) is 1. The van der Waals surface area contributed by atoms with E-state index in [1.54, 1.807) is 39.8 Å². The zero-order chi connectivity index (χ0) is 27.8. The van der Waals surface area contributed by atoms with Crippen LogP contribution in [0.5, 0.6) is 5.75 Å². The Hall–Kier alpha value is -3.30. The summed E-state index contributed by atoms with van der Waals surface area (Å²) in [5.41, 5.74) is 5.68. The third-order valence-electron chi connectivity index (χ3n) is 6.28. The molecule has 1 aromatic rings. The highest BCUT2D eigenvalue weighted by molar-refractivity contribution is 5.92. The number of carbonyl (C=O) groups is 4. The average molecular weight is 519 g/mol. The summed E-state index contributed by atoms with van der Waals surface area (Å²) in [6, 6.07) is 2.50. The van der Waals surface area contributed by atoms with E-state index in [9.17, 15) is 24.3 Å². The minimum Gasteiger partial charge on any atom is -0.508 e. The number of hydrogen-bond donors (Lipinski definition) is 4. The number of carbonyl (C=O) groups excluding carboxylic acids is 4. The zero-order valence-electron chi connectivity index (χ0n) is 22.6. The Morgan fingerprint density at radius 1 is 1.22 bits per heavy atom. The first-order chi connectivity index (χ1) is 17.3. The Balaban J connectivity index is 2.49. The van der Waals surface area contributed by atoms with Gasteiger partial charge in [-0.05, 0) is 83.1 Å². The number of primary amides is 1. The number of rotatable bonds is 12. The monoisotopic (exact) mass is 518 g/mol. The summed E-state index contributed by atoms with van der Waals surface area (Å²) in [5.74, 6) is -1.36. The van der Waals surface area contributed by atoms with Gasteiger partial charge in [-0.1, -0.05) is 19.4 Å². The summed E-state index contributed by atoms with van der Waals surface area (Å²) in [7, 11) is 0. The normalized spacial score (nSPS) is 15.2. The van der Waals surface area contributed by atoms with E-state index in [0.29, 0.717) is 30.5 Å². The quantitative estimate of drug-likeness (QED) is 0.312. The molecule has 4 amide bonds. The van der Waals surface area contributed by atoms with Gasteiger partial charge < -0.3 is 31.1 Å². The van der Waals surface area contributed by atoms with Crippen LogP contribution in [-0.4, -0.2) is 58.1 Å². The molecule has 37 heavy (non-hydrogen) atoms. The highest BCUT2D eigenvalue weighted by atomic mass is 16.6. The van der Waals surface area contributed by atoms with Crippen molar-refractivity contribution in [2.45, 2.75) is 103 Å². The summed E-state index contributed by atoms with van der Waals surface area (Å²) < 4.78 is 5.35. The summed E-state index contributed by atoms with van der Waals surface area (Å²) in [5, 5.41) is 15.6. The number of phenolic OH excluding ortho intramolecular Hbond substituents is 1. The Bertz CT molecular complexity index is 970. The molecule has 0 bridgehead atoms. The number of unbranched alkanes of at least 4 members (excludes halogenated alkanes) is 1. The molecule has 2 unspecified atom stereocenters. The summed E-state index contributed by atoms with van der Waals surface area (Å²) in [6.07, 6.45) is 3.03. The number of alkyl carbamates (subject to hydrolysis) is 1. The number of aryl methyl sites for hydroxylation is 1. The van der Waals surface area contributed by atoms with Crippen LogP contribution in [0.3, 0.4) is 0 Å². The van der Waals surface area contributed by atoms with Gasteiger partial charge in [-0.3, -0.25) is 14.4 Å². The molecule has 1 aliphatic carbocycles. The predicted octanol–water partition coefficient (Wildman–Crippen LogP) is 3.20. The fourth-order valence-electron chi connectivity index (χ4n) is 4.13. The van der Waals surface area contributed by atoms with Gasteiger partial charge in [0.15, 0.2) is 0 Å². The van der Waals surface area contributed by atoms with E-state index in [-0.39, 0.29) is 30.5 Å². The largest absolute Gasteiger partial charge is 0.508 e. The van der Waals surface area contributed by atoms with Crippen LogP contribution in [0.15, 0.2) is 18.2 Å². The molecule has 0 saturated heterocycles. The second-order valence-electron chi connectivity index (χ2n) is 10.6. The first-order valence-corrected chi connectivity index (χ1v) is 13.0. The van der Waals surface area contributed by atoms with Crippen molar-refractivity contribution >= 4 is 23.8 Å². The zero-order valence-corrected chi connectivity index (χ0v) is 22.6. The molecule has 0 spiro atoms. The maximum absolute atomic E-state index is 14.1. The smallest absolute Gasteiger partial charge is 0.408 e. The molecule has 2 atom stereocenters. The number of nitrogens with one attached hydrogen (secondary N) is 2. The third-order valence-corrected chi connectivity index (χ3v) is 6.28. The van der Waals surface area contributed by atoms with Crippen LogP contribution in [0.2, 0.25) is 0 Å². The number of aromatic hydroxyl groups is 1. The van der Waals surface area contributed by atoms with Gasteiger partial charge in [-0.15, -0.1) is 0 Å². The fourth-order valence-corrected chi connectivity index (χ4v) is 4.13. The minimum atomic E-state index is -1.12. The van der Waals surface area contributed by atoms with Crippen LogP contribution in [0.25, 0.3) is 0 Å². The molecular formula is C27H42N4O6. The van der Waals surface area contributed by atoms with E-state index in [1.165, 1.54) is 11.0 Å². The number of nitrogens with zero attached hydrogens (tertiary/aromatic N) is 1. The average Bonchev–Trinajstić information content (AvgIpc) is 2.75. The van der Waals surface area contributed by atoms with Crippen molar-refractivity contribution in [3.8, 4) is 5.75 Å². The highest BCUT2D eigenvalue weighted by Crippen LogP contribution is 2.35. The molecule has 0 heterocycles. The lowest BCUT2D eigenvalue weighted by molar-refractivity contribution is -0.147. The molecular weight excluding hydrogens is 476 g/mol. The second-order valence-corrected chi connectivity index (χ2v) is 10.6. The van der Waals surface area contributed by atoms with E-state index in [0.717, 1.165) is 19.3 Å². The second kappa shape index (κ2) is 13.3. The van der Waals surface area contributed by atoms with Crippen molar-refractivity contribution in [3.05, 3.63) is 29.3 Å². The van der Waals surface area contributed by atoms with Gasteiger partial charge in [-0.25, -0.2) is 4.79 Å². The third kappa shape index (κ3) is 8.94. The Kier molecular flexibility index (Phi) is 10.8. The highest BCUT2D eigenvalue weighted by Gasteiger charge is 2.42. The molecule has 1 aliphatic rings. The van der Waals surface area contributed by atoms with Gasteiger partial charge in [0.1, 0.15) is 23.4 Å². The molecule has 0 radical (unpaired) electrons. The van der Waals surface area contributed by atoms with Gasteiger partial charge in [0, 0.05) is 19.0 Å². The number of amides is 4. The predicted molar refractivity (Wildman–Crippen MR) is 140 cm³/mol. The molecule has 10 heteroatoms.